The maximum absolute atomic E-state index is 14.5. The first-order chi connectivity index (χ1) is 19.2. The van der Waals surface area contributed by atoms with Crippen molar-refractivity contribution in [3.05, 3.63) is 49.6 Å². The normalized spacial score (nSPS) is 28.4. The van der Waals surface area contributed by atoms with Crippen molar-refractivity contribution in [2.45, 2.75) is 54.7 Å². The van der Waals surface area contributed by atoms with Gasteiger partial charge in [0.05, 0.1) is 25.0 Å². The number of nitrogens with zero attached hydrogens (tertiary/aromatic N) is 3. The van der Waals surface area contributed by atoms with Gasteiger partial charge in [-0.2, -0.15) is 0 Å². The van der Waals surface area contributed by atoms with Crippen LogP contribution in [0.3, 0.4) is 0 Å². The van der Waals surface area contributed by atoms with Gasteiger partial charge in [0.25, 0.3) is 5.91 Å². The highest BCUT2D eigenvalue weighted by Gasteiger charge is 2.76. The van der Waals surface area contributed by atoms with E-state index in [4.69, 9.17) is 14.6 Å². The first-order valence-corrected chi connectivity index (χ1v) is 14.8. The Morgan fingerprint density at radius 3 is 2.45 bits per heavy atom. The van der Waals surface area contributed by atoms with Crippen molar-refractivity contribution in [1.29, 1.82) is 0 Å². The van der Waals surface area contributed by atoms with E-state index in [9.17, 15) is 14.4 Å². The molecule has 0 radical (unpaired) electrons. The number of halogens is 1. The van der Waals surface area contributed by atoms with Gasteiger partial charge in [-0.3, -0.25) is 14.4 Å². The lowest BCUT2D eigenvalue weighted by Crippen LogP contribution is -2.57. The number of hydrogen-bond donors (Lipinski definition) is 1. The molecule has 3 fully saturated rings. The van der Waals surface area contributed by atoms with Gasteiger partial charge in [-0.1, -0.05) is 40.9 Å². The number of likely N-dealkylation sites (N-methyl/N-ethyl adjacent to an activating group) is 1. The van der Waals surface area contributed by atoms with Crippen molar-refractivity contribution in [2.75, 3.05) is 45.3 Å². The smallest absolute Gasteiger partial charge is 0.253 e. The minimum Gasteiger partial charge on any atom is -0.497 e. The lowest BCUT2D eigenvalue weighted by atomic mass is 9.70. The molecule has 6 atom stereocenters. The maximum Gasteiger partial charge on any atom is 0.253 e. The highest BCUT2D eigenvalue weighted by molar-refractivity contribution is 9.09. The largest absolute Gasteiger partial charge is 0.497 e. The Balaban J connectivity index is 1.73. The third-order valence-corrected chi connectivity index (χ3v) is 9.20. The number of aliphatic hydroxyl groups is 1. The minimum absolute atomic E-state index is 0.122. The zero-order valence-electron chi connectivity index (χ0n) is 23.3. The monoisotopic (exact) mass is 617 g/mol. The number of anilines is 1. The number of benzene rings is 1. The summed E-state index contributed by atoms with van der Waals surface area (Å²) in [6.07, 6.45) is 6.26. The van der Waals surface area contributed by atoms with E-state index in [1.54, 1.807) is 53.1 Å². The standard InChI is InChI=1S/C30H40BrN3O6/c1-5-15-32(3)27(36)23-24-28(37)34(17-9-7-8-10-18-35)26(30(24)19-22(31)25(23)40-30)29(38)33(16-6-2)20-11-13-21(39-4)14-12-20/h5-6,11-14,22-26,35H,1-2,7-10,15-19H2,3-4H3/t22?,23-,24-,25-,26?,30?/m0/s1. The van der Waals surface area contributed by atoms with Crippen LogP contribution in [0.25, 0.3) is 0 Å². The predicted octanol–water partition coefficient (Wildman–Crippen LogP) is 3.16. The number of carbonyl (C=O) groups excluding carboxylic acids is 3. The Bertz CT molecular complexity index is 1110. The van der Waals surface area contributed by atoms with E-state index in [-0.39, 0.29) is 35.7 Å². The minimum atomic E-state index is -1.13. The van der Waals surface area contributed by atoms with Gasteiger partial charge in [0.15, 0.2) is 0 Å². The molecule has 3 saturated heterocycles. The topological polar surface area (TPSA) is 99.6 Å². The van der Waals surface area contributed by atoms with E-state index < -0.39 is 29.6 Å². The van der Waals surface area contributed by atoms with Crippen LogP contribution in [0.4, 0.5) is 5.69 Å². The van der Waals surface area contributed by atoms with E-state index in [1.165, 1.54) is 0 Å². The molecule has 218 valence electrons. The summed E-state index contributed by atoms with van der Waals surface area (Å²) in [5.74, 6) is -1.43. The van der Waals surface area contributed by atoms with Crippen molar-refractivity contribution < 1.29 is 29.0 Å². The van der Waals surface area contributed by atoms with Crippen LogP contribution in [0.15, 0.2) is 49.6 Å². The molecule has 0 saturated carbocycles. The Morgan fingerprint density at radius 1 is 1.15 bits per heavy atom. The van der Waals surface area contributed by atoms with Crippen LogP contribution in [-0.4, -0.2) is 95.6 Å². The molecular weight excluding hydrogens is 578 g/mol. The molecule has 1 N–H and O–H groups in total. The van der Waals surface area contributed by atoms with Gasteiger partial charge in [-0.25, -0.2) is 0 Å². The number of likely N-dealkylation sites (tertiary alicyclic amines) is 1. The Morgan fingerprint density at radius 2 is 1.82 bits per heavy atom. The average Bonchev–Trinajstić information content (AvgIpc) is 3.54. The molecule has 0 aromatic heterocycles. The molecule has 9 nitrogen and oxygen atoms in total. The summed E-state index contributed by atoms with van der Waals surface area (Å²) >= 11 is 3.73. The second-order valence-corrected chi connectivity index (χ2v) is 12.0. The lowest BCUT2D eigenvalue weighted by Gasteiger charge is -2.37. The van der Waals surface area contributed by atoms with Crippen molar-refractivity contribution in [3.8, 4) is 5.75 Å². The van der Waals surface area contributed by atoms with Crippen LogP contribution in [0.5, 0.6) is 5.75 Å². The first-order valence-electron chi connectivity index (χ1n) is 13.9. The van der Waals surface area contributed by atoms with Crippen LogP contribution in [0.1, 0.15) is 32.1 Å². The number of fused-ring (bicyclic) bond motifs is 1. The number of ether oxygens (including phenoxy) is 2. The summed E-state index contributed by atoms with van der Waals surface area (Å²) in [6.45, 7) is 8.69. The van der Waals surface area contributed by atoms with Crippen molar-refractivity contribution in [2.24, 2.45) is 11.8 Å². The van der Waals surface area contributed by atoms with Crippen molar-refractivity contribution >= 4 is 39.3 Å². The summed E-state index contributed by atoms with van der Waals surface area (Å²) in [5, 5.41) is 9.16. The number of carbonyl (C=O) groups is 3. The molecule has 1 aromatic carbocycles. The second kappa shape index (κ2) is 12.9. The summed E-state index contributed by atoms with van der Waals surface area (Å²) < 4.78 is 11.9. The highest BCUT2D eigenvalue weighted by Crippen LogP contribution is 2.60. The molecule has 0 aliphatic carbocycles. The molecule has 3 heterocycles. The highest BCUT2D eigenvalue weighted by atomic mass is 79.9. The van der Waals surface area contributed by atoms with E-state index in [0.717, 1.165) is 12.8 Å². The zero-order valence-corrected chi connectivity index (χ0v) is 24.9. The molecule has 10 heteroatoms. The Hall–Kier alpha value is -2.69. The number of alkyl halides is 1. The molecule has 3 amide bonds. The molecule has 3 aliphatic rings. The molecular formula is C30H40BrN3O6. The fraction of sp³-hybridized carbons (Fsp3) is 0.567. The molecule has 4 rings (SSSR count). The van der Waals surface area contributed by atoms with Crippen LogP contribution in [-0.2, 0) is 19.1 Å². The SMILES string of the molecule is C=CCN(C)C(=O)[C@H]1[C@H]2C(=O)N(CCCCCCO)C(C(=O)N(CC=C)c3ccc(OC)cc3)C23CC(Br)[C@@H]1O3. The number of rotatable bonds is 14. The fourth-order valence-electron chi connectivity index (χ4n) is 6.58. The van der Waals surface area contributed by atoms with E-state index >= 15 is 0 Å². The summed E-state index contributed by atoms with van der Waals surface area (Å²) in [5.41, 5.74) is -0.471. The number of hydrogen-bond acceptors (Lipinski definition) is 6. The fourth-order valence-corrected chi connectivity index (χ4v) is 7.52. The molecule has 1 spiro atoms. The quantitative estimate of drug-likeness (QED) is 0.196. The lowest BCUT2D eigenvalue weighted by molar-refractivity contribution is -0.144. The van der Waals surface area contributed by atoms with E-state index in [1.807, 2.05) is 12.1 Å². The summed E-state index contributed by atoms with van der Waals surface area (Å²) in [4.78, 5) is 47.1. The van der Waals surface area contributed by atoms with Gasteiger partial charge in [0, 0.05) is 43.8 Å². The third kappa shape index (κ3) is 5.33. The van der Waals surface area contributed by atoms with Gasteiger partial charge >= 0.3 is 0 Å². The zero-order chi connectivity index (χ0) is 29.0. The third-order valence-electron chi connectivity index (χ3n) is 8.36. The number of unbranched alkanes of at least 4 members (excludes halogenated alkanes) is 3. The van der Waals surface area contributed by atoms with Crippen LogP contribution >= 0.6 is 15.9 Å². The molecule has 1 aromatic rings. The predicted molar refractivity (Wildman–Crippen MR) is 156 cm³/mol. The van der Waals surface area contributed by atoms with Gasteiger partial charge in [-0.05, 0) is 43.5 Å². The van der Waals surface area contributed by atoms with E-state index in [0.29, 0.717) is 43.8 Å². The van der Waals surface area contributed by atoms with Crippen LogP contribution in [0, 0.1) is 11.8 Å². The number of amides is 3. The number of aliphatic hydroxyl groups excluding tert-OH is 1. The van der Waals surface area contributed by atoms with Crippen molar-refractivity contribution in [3.63, 3.8) is 0 Å². The first kappa shape index (κ1) is 30.3. The Labute approximate surface area is 244 Å². The Kier molecular flexibility index (Phi) is 9.74. The maximum atomic E-state index is 14.5. The van der Waals surface area contributed by atoms with Crippen molar-refractivity contribution in [1.82, 2.24) is 9.80 Å². The summed E-state index contributed by atoms with van der Waals surface area (Å²) in [7, 11) is 3.28. The molecule has 3 aliphatic heterocycles. The molecule has 2 bridgehead atoms. The van der Waals surface area contributed by atoms with Gasteiger partial charge in [0.1, 0.15) is 17.4 Å². The van der Waals surface area contributed by atoms with Crippen LogP contribution in [0.2, 0.25) is 0 Å². The van der Waals surface area contributed by atoms with Gasteiger partial charge in [0.2, 0.25) is 11.8 Å². The van der Waals surface area contributed by atoms with Crippen LogP contribution < -0.4 is 9.64 Å². The molecule has 3 unspecified atom stereocenters. The van der Waals surface area contributed by atoms with Gasteiger partial charge < -0.3 is 29.3 Å². The van der Waals surface area contributed by atoms with Gasteiger partial charge in [-0.15, -0.1) is 13.2 Å². The van der Waals surface area contributed by atoms with E-state index in [2.05, 4.69) is 29.1 Å². The average molecular weight is 619 g/mol. The molecule has 40 heavy (non-hydrogen) atoms. The second-order valence-electron chi connectivity index (χ2n) is 10.8. The summed E-state index contributed by atoms with van der Waals surface area (Å²) in [6, 6.07) is 6.30. The number of methoxy groups -OCH3 is 1.